The maximum absolute atomic E-state index is 5.93. The van der Waals surface area contributed by atoms with E-state index in [4.69, 9.17) is 18.9 Å². The highest BCUT2D eigenvalue weighted by Crippen LogP contribution is 2.17. The molecule has 1 heterocycles. The molecule has 0 atom stereocenters. The van der Waals surface area contributed by atoms with Crippen LogP contribution in [0.1, 0.15) is 25.7 Å². The number of rotatable bonds is 11. The van der Waals surface area contributed by atoms with Crippen LogP contribution in [-0.2, 0) is 9.47 Å². The molecule has 0 aromatic heterocycles. The van der Waals surface area contributed by atoms with Crippen LogP contribution in [0.15, 0.2) is 29.3 Å². The van der Waals surface area contributed by atoms with Crippen LogP contribution in [0.3, 0.4) is 0 Å². The van der Waals surface area contributed by atoms with Crippen LogP contribution in [0.25, 0.3) is 0 Å². The first kappa shape index (κ1) is 25.8. The van der Waals surface area contributed by atoms with Crippen molar-refractivity contribution in [1.82, 2.24) is 10.2 Å². The van der Waals surface area contributed by atoms with E-state index in [1.165, 1.54) is 0 Å². The summed E-state index contributed by atoms with van der Waals surface area (Å²) in [5, 5.41) is 3.44. The number of hydrogen-bond acceptors (Lipinski definition) is 5. The van der Waals surface area contributed by atoms with Crippen molar-refractivity contribution < 1.29 is 18.9 Å². The Labute approximate surface area is 192 Å². The Bertz CT molecular complexity index is 564. The van der Waals surface area contributed by atoms with Crippen LogP contribution in [0.5, 0.6) is 11.5 Å². The van der Waals surface area contributed by atoms with Crippen LogP contribution in [-0.4, -0.2) is 77.7 Å². The lowest BCUT2D eigenvalue weighted by Gasteiger charge is -2.34. The van der Waals surface area contributed by atoms with Gasteiger partial charge in [0.1, 0.15) is 11.5 Å². The molecule has 1 N–H and O–H groups in total. The van der Waals surface area contributed by atoms with E-state index in [0.717, 1.165) is 76.0 Å². The molecule has 0 amide bonds. The summed E-state index contributed by atoms with van der Waals surface area (Å²) < 4.78 is 21.9. The van der Waals surface area contributed by atoms with Crippen molar-refractivity contribution in [2.45, 2.75) is 31.8 Å². The molecule has 166 valence electrons. The summed E-state index contributed by atoms with van der Waals surface area (Å²) in [7, 11) is 5.22. The first-order chi connectivity index (χ1) is 13.8. The fourth-order valence-corrected chi connectivity index (χ4v) is 3.15. The molecule has 0 bridgehead atoms. The van der Waals surface area contributed by atoms with Crippen molar-refractivity contribution in [1.29, 1.82) is 0 Å². The average Bonchev–Trinajstić information content (AvgIpc) is 2.75. The number of piperidine rings is 1. The zero-order valence-electron chi connectivity index (χ0n) is 17.9. The minimum atomic E-state index is 0. The summed E-state index contributed by atoms with van der Waals surface area (Å²) in [5.41, 5.74) is 0. The number of methoxy groups -OCH3 is 2. The van der Waals surface area contributed by atoms with Gasteiger partial charge in [-0.15, -0.1) is 24.0 Å². The molecule has 8 heteroatoms. The van der Waals surface area contributed by atoms with Gasteiger partial charge in [0.05, 0.1) is 19.8 Å². The number of ether oxygens (including phenoxy) is 4. The molecule has 0 aliphatic carbocycles. The molecule has 1 aliphatic heterocycles. The second-order valence-electron chi connectivity index (χ2n) is 6.76. The smallest absolute Gasteiger partial charge is 0.193 e. The summed E-state index contributed by atoms with van der Waals surface area (Å²) in [5.74, 6) is 2.65. The Morgan fingerprint density at radius 1 is 1.03 bits per heavy atom. The third kappa shape index (κ3) is 9.86. The van der Waals surface area contributed by atoms with Crippen LogP contribution < -0.4 is 14.8 Å². The molecule has 29 heavy (non-hydrogen) atoms. The van der Waals surface area contributed by atoms with E-state index in [9.17, 15) is 0 Å². The van der Waals surface area contributed by atoms with Gasteiger partial charge >= 0.3 is 0 Å². The maximum Gasteiger partial charge on any atom is 0.193 e. The van der Waals surface area contributed by atoms with Crippen molar-refractivity contribution in [3.8, 4) is 11.5 Å². The molecule has 0 radical (unpaired) electrons. The largest absolute Gasteiger partial charge is 0.497 e. The Hall–Kier alpha value is -1.26. The second kappa shape index (κ2) is 15.6. The van der Waals surface area contributed by atoms with Gasteiger partial charge in [0.2, 0.25) is 0 Å². The van der Waals surface area contributed by atoms with Gasteiger partial charge in [-0.2, -0.15) is 0 Å². The molecule has 1 fully saturated rings. The number of hydrogen-bond donors (Lipinski definition) is 1. The van der Waals surface area contributed by atoms with Gasteiger partial charge in [0, 0.05) is 47.0 Å². The van der Waals surface area contributed by atoms with Gasteiger partial charge in [-0.3, -0.25) is 4.99 Å². The Morgan fingerprint density at radius 2 is 1.72 bits per heavy atom. The lowest BCUT2D eigenvalue weighted by atomic mass is 10.1. The van der Waals surface area contributed by atoms with Gasteiger partial charge < -0.3 is 29.2 Å². The van der Waals surface area contributed by atoms with Crippen molar-refractivity contribution in [3.05, 3.63) is 24.3 Å². The van der Waals surface area contributed by atoms with E-state index < -0.39 is 0 Å². The van der Waals surface area contributed by atoms with E-state index in [1.54, 1.807) is 14.2 Å². The standard InChI is InChI=1S/C21H35N3O4.HI/c1-22-21(24-13-10-20(11-14-24)28-17-5-15-25-2)23-12-4-16-27-19-8-6-18(26-3)7-9-19;/h6-9,20H,4-5,10-17H2,1-3H3,(H,22,23);1H. The van der Waals surface area contributed by atoms with Crippen LogP contribution in [0.2, 0.25) is 0 Å². The van der Waals surface area contributed by atoms with Crippen LogP contribution >= 0.6 is 24.0 Å². The fraction of sp³-hybridized carbons (Fsp3) is 0.667. The summed E-state index contributed by atoms with van der Waals surface area (Å²) in [6.45, 7) is 4.97. The first-order valence-electron chi connectivity index (χ1n) is 10.1. The quantitative estimate of drug-likeness (QED) is 0.209. The molecule has 0 saturated carbocycles. The minimum Gasteiger partial charge on any atom is -0.497 e. The van der Waals surface area contributed by atoms with Crippen molar-refractivity contribution in [3.63, 3.8) is 0 Å². The summed E-state index contributed by atoms with van der Waals surface area (Å²) in [6, 6.07) is 7.65. The predicted molar refractivity (Wildman–Crippen MR) is 127 cm³/mol. The molecule has 0 unspecified atom stereocenters. The summed E-state index contributed by atoms with van der Waals surface area (Å²) in [6.07, 6.45) is 4.29. The predicted octanol–water partition coefficient (Wildman–Crippen LogP) is 3.18. The minimum absolute atomic E-state index is 0. The van der Waals surface area contributed by atoms with Crippen LogP contribution in [0.4, 0.5) is 0 Å². The SMILES string of the molecule is CN=C(NCCCOc1ccc(OC)cc1)N1CCC(OCCCOC)CC1.I. The number of nitrogens with one attached hydrogen (secondary N) is 1. The second-order valence-corrected chi connectivity index (χ2v) is 6.76. The van der Waals surface area contributed by atoms with Crippen molar-refractivity contribution in [2.24, 2.45) is 4.99 Å². The molecular weight excluding hydrogens is 485 g/mol. The Balaban J connectivity index is 0.00000420. The highest BCUT2D eigenvalue weighted by atomic mass is 127. The average molecular weight is 521 g/mol. The van der Waals surface area contributed by atoms with Gasteiger partial charge in [-0.25, -0.2) is 0 Å². The molecule has 1 aromatic rings. The topological polar surface area (TPSA) is 64.6 Å². The van der Waals surface area contributed by atoms with E-state index in [-0.39, 0.29) is 24.0 Å². The Morgan fingerprint density at radius 3 is 2.34 bits per heavy atom. The van der Waals surface area contributed by atoms with Crippen LogP contribution in [0, 0.1) is 0 Å². The number of likely N-dealkylation sites (tertiary alicyclic amines) is 1. The highest BCUT2D eigenvalue weighted by molar-refractivity contribution is 14.0. The fourth-order valence-electron chi connectivity index (χ4n) is 3.15. The molecule has 1 aromatic carbocycles. The molecule has 2 rings (SSSR count). The third-order valence-corrected chi connectivity index (χ3v) is 4.73. The molecule has 7 nitrogen and oxygen atoms in total. The van der Waals surface area contributed by atoms with E-state index in [0.29, 0.717) is 12.7 Å². The molecule has 1 aliphatic rings. The monoisotopic (exact) mass is 521 g/mol. The highest BCUT2D eigenvalue weighted by Gasteiger charge is 2.21. The van der Waals surface area contributed by atoms with Gasteiger partial charge in [-0.05, 0) is 49.9 Å². The lowest BCUT2D eigenvalue weighted by molar-refractivity contribution is 0.00991. The van der Waals surface area contributed by atoms with Crippen molar-refractivity contribution in [2.75, 3.05) is 60.7 Å². The van der Waals surface area contributed by atoms with Crippen molar-refractivity contribution >= 4 is 29.9 Å². The van der Waals surface area contributed by atoms with Gasteiger partial charge in [0.15, 0.2) is 5.96 Å². The number of benzene rings is 1. The maximum atomic E-state index is 5.93. The summed E-state index contributed by atoms with van der Waals surface area (Å²) in [4.78, 5) is 6.72. The number of nitrogens with zero attached hydrogens (tertiary/aromatic N) is 2. The number of halogens is 1. The summed E-state index contributed by atoms with van der Waals surface area (Å²) >= 11 is 0. The van der Waals surface area contributed by atoms with Gasteiger partial charge in [0.25, 0.3) is 0 Å². The number of aliphatic imine (C=N–C) groups is 1. The van der Waals surface area contributed by atoms with E-state index >= 15 is 0 Å². The molecule has 0 spiro atoms. The van der Waals surface area contributed by atoms with E-state index in [2.05, 4.69) is 15.2 Å². The Kier molecular flexibility index (Phi) is 13.8. The first-order valence-corrected chi connectivity index (χ1v) is 10.1. The number of guanidine groups is 1. The zero-order valence-corrected chi connectivity index (χ0v) is 20.2. The zero-order chi connectivity index (χ0) is 20.0. The molecule has 1 saturated heterocycles. The lowest BCUT2D eigenvalue weighted by Crippen LogP contribution is -2.47. The third-order valence-electron chi connectivity index (χ3n) is 4.73. The molecular formula is C21H36IN3O4. The van der Waals surface area contributed by atoms with E-state index in [1.807, 2.05) is 31.3 Å². The normalized spacial score (nSPS) is 15.0. The van der Waals surface area contributed by atoms with Gasteiger partial charge in [-0.1, -0.05) is 0 Å².